The minimum absolute atomic E-state index is 0.283. The van der Waals surface area contributed by atoms with Crippen molar-refractivity contribution >= 4 is 12.3 Å². The molecule has 0 aromatic rings. The number of hydrogen-bond donors (Lipinski definition) is 2. The molecule has 0 saturated heterocycles. The zero-order chi connectivity index (χ0) is 13.1. The van der Waals surface area contributed by atoms with E-state index in [2.05, 4.69) is 9.47 Å². The molecule has 96 valence electrons. The third kappa shape index (κ3) is 22.9. The zero-order valence-corrected chi connectivity index (χ0v) is 10.1. The van der Waals surface area contributed by atoms with Crippen LogP contribution >= 0.6 is 0 Å². The number of hydrogen-bond acceptors (Lipinski definition) is 4. The van der Waals surface area contributed by atoms with E-state index >= 15 is 0 Å². The summed E-state index contributed by atoms with van der Waals surface area (Å²) >= 11 is 0. The molecule has 2 N–H and O–H groups in total. The molecular formula is C10H20O6. The largest absolute Gasteiger partial charge is 0.505 e. The van der Waals surface area contributed by atoms with Gasteiger partial charge in [-0.15, -0.1) is 0 Å². The Kier molecular flexibility index (Phi) is 10.7. The zero-order valence-electron chi connectivity index (χ0n) is 10.1. The number of carbonyl (C=O) groups is 2. The summed E-state index contributed by atoms with van der Waals surface area (Å²) in [5.74, 6) is 0.567. The van der Waals surface area contributed by atoms with E-state index in [9.17, 15) is 9.59 Å². The third-order valence-corrected chi connectivity index (χ3v) is 1.08. The Morgan fingerprint density at radius 3 is 1.19 bits per heavy atom. The average Bonchev–Trinajstić information content (AvgIpc) is 2.12. The molecule has 0 radical (unpaired) electrons. The van der Waals surface area contributed by atoms with Gasteiger partial charge in [0.05, 0.1) is 13.2 Å². The van der Waals surface area contributed by atoms with E-state index < -0.39 is 12.3 Å². The van der Waals surface area contributed by atoms with Gasteiger partial charge < -0.3 is 19.7 Å². The Labute approximate surface area is 95.2 Å². The van der Waals surface area contributed by atoms with Crippen LogP contribution in [0, 0.1) is 11.8 Å². The second-order valence-electron chi connectivity index (χ2n) is 3.94. The third-order valence-electron chi connectivity index (χ3n) is 1.08. The molecule has 0 heterocycles. The van der Waals surface area contributed by atoms with Crippen LogP contribution in [0.5, 0.6) is 0 Å². The van der Waals surface area contributed by atoms with E-state index in [0.717, 1.165) is 0 Å². The van der Waals surface area contributed by atoms with Crippen molar-refractivity contribution in [1.82, 2.24) is 0 Å². The number of carboxylic acid groups (broad SMARTS) is 2. The predicted octanol–water partition coefficient (Wildman–Crippen LogP) is 2.67. The highest BCUT2D eigenvalue weighted by atomic mass is 16.7. The molecule has 0 amide bonds. The van der Waals surface area contributed by atoms with Crippen molar-refractivity contribution in [3.8, 4) is 0 Å². The minimum atomic E-state index is -1.20. The molecule has 16 heavy (non-hydrogen) atoms. The standard InChI is InChI=1S/2C5H10O3/c2*1-4(2)3-8-5(6)7/h2*4H,3H2,1-2H3,(H,6,7). The Bertz CT molecular complexity index is 177. The summed E-state index contributed by atoms with van der Waals surface area (Å²) in [6.45, 7) is 8.14. The fourth-order valence-corrected chi connectivity index (χ4v) is 0.476. The fraction of sp³-hybridized carbons (Fsp3) is 0.800. The lowest BCUT2D eigenvalue weighted by Crippen LogP contribution is -2.06. The van der Waals surface area contributed by atoms with Crippen molar-refractivity contribution in [2.75, 3.05) is 13.2 Å². The molecular weight excluding hydrogens is 216 g/mol. The highest BCUT2D eigenvalue weighted by Crippen LogP contribution is 1.91. The lowest BCUT2D eigenvalue weighted by Gasteiger charge is -2.00. The van der Waals surface area contributed by atoms with Gasteiger partial charge in [0.1, 0.15) is 0 Å². The summed E-state index contributed by atoms with van der Waals surface area (Å²) in [5.41, 5.74) is 0. The predicted molar refractivity (Wildman–Crippen MR) is 57.6 cm³/mol. The van der Waals surface area contributed by atoms with Gasteiger partial charge in [-0.05, 0) is 11.8 Å². The molecule has 0 aliphatic heterocycles. The lowest BCUT2D eigenvalue weighted by atomic mass is 10.2. The summed E-state index contributed by atoms with van der Waals surface area (Å²) in [4.78, 5) is 19.4. The van der Waals surface area contributed by atoms with Gasteiger partial charge in [0.15, 0.2) is 0 Å². The summed E-state index contributed by atoms with van der Waals surface area (Å²) in [6.07, 6.45) is -2.39. The number of ether oxygens (including phenoxy) is 2. The molecule has 0 aliphatic rings. The van der Waals surface area contributed by atoms with Gasteiger partial charge in [0.2, 0.25) is 0 Å². The van der Waals surface area contributed by atoms with E-state index in [1.807, 2.05) is 27.7 Å². The summed E-state index contributed by atoms with van der Waals surface area (Å²) < 4.78 is 8.44. The maximum atomic E-state index is 9.68. The monoisotopic (exact) mass is 236 g/mol. The van der Waals surface area contributed by atoms with Crippen molar-refractivity contribution in [2.24, 2.45) is 11.8 Å². The quantitative estimate of drug-likeness (QED) is 0.729. The van der Waals surface area contributed by atoms with E-state index in [1.54, 1.807) is 0 Å². The fourth-order valence-electron chi connectivity index (χ4n) is 0.476. The Morgan fingerprint density at radius 2 is 1.12 bits per heavy atom. The van der Waals surface area contributed by atoms with Crippen LogP contribution in [0.2, 0.25) is 0 Å². The Hall–Kier alpha value is -1.46. The molecule has 0 unspecified atom stereocenters. The molecule has 0 fully saturated rings. The SMILES string of the molecule is CC(C)COC(=O)O.CC(C)COC(=O)O. The van der Waals surface area contributed by atoms with Crippen LogP contribution in [-0.2, 0) is 9.47 Å². The van der Waals surface area contributed by atoms with Crippen molar-refractivity contribution in [3.63, 3.8) is 0 Å². The van der Waals surface area contributed by atoms with Crippen LogP contribution in [0.3, 0.4) is 0 Å². The molecule has 6 nitrogen and oxygen atoms in total. The van der Waals surface area contributed by atoms with E-state index in [1.165, 1.54) is 0 Å². The highest BCUT2D eigenvalue weighted by Gasteiger charge is 1.98. The van der Waals surface area contributed by atoms with Gasteiger partial charge in [-0.3, -0.25) is 0 Å². The van der Waals surface area contributed by atoms with Gasteiger partial charge in [0, 0.05) is 0 Å². The average molecular weight is 236 g/mol. The highest BCUT2D eigenvalue weighted by molar-refractivity contribution is 5.56. The second kappa shape index (κ2) is 10.1. The Morgan fingerprint density at radius 1 is 0.875 bits per heavy atom. The first kappa shape index (κ1) is 17.0. The summed E-state index contributed by atoms with van der Waals surface area (Å²) in [6, 6.07) is 0. The molecule has 0 bridgehead atoms. The van der Waals surface area contributed by atoms with Crippen LogP contribution in [0.4, 0.5) is 9.59 Å². The first-order chi connectivity index (χ1) is 7.25. The van der Waals surface area contributed by atoms with Gasteiger partial charge in [-0.25, -0.2) is 9.59 Å². The van der Waals surface area contributed by atoms with E-state index in [4.69, 9.17) is 10.2 Å². The van der Waals surface area contributed by atoms with Gasteiger partial charge in [-0.2, -0.15) is 0 Å². The van der Waals surface area contributed by atoms with Gasteiger partial charge in [0.25, 0.3) is 0 Å². The molecule has 0 saturated carbocycles. The molecule has 0 aliphatic carbocycles. The van der Waals surface area contributed by atoms with Crippen molar-refractivity contribution in [3.05, 3.63) is 0 Å². The topological polar surface area (TPSA) is 93.1 Å². The number of rotatable bonds is 4. The Balaban J connectivity index is 0. The maximum Gasteiger partial charge on any atom is 0.505 e. The van der Waals surface area contributed by atoms with Crippen LogP contribution in [0.25, 0.3) is 0 Å². The second-order valence-corrected chi connectivity index (χ2v) is 3.94. The van der Waals surface area contributed by atoms with Gasteiger partial charge in [-0.1, -0.05) is 27.7 Å². The van der Waals surface area contributed by atoms with E-state index in [0.29, 0.717) is 0 Å². The molecule has 0 aromatic carbocycles. The molecule has 0 spiro atoms. The summed E-state index contributed by atoms with van der Waals surface area (Å²) in [7, 11) is 0. The van der Waals surface area contributed by atoms with Crippen LogP contribution in [-0.4, -0.2) is 35.7 Å². The van der Waals surface area contributed by atoms with Gasteiger partial charge >= 0.3 is 12.3 Å². The maximum absolute atomic E-state index is 9.68. The summed E-state index contributed by atoms with van der Waals surface area (Å²) in [5, 5.41) is 15.9. The van der Waals surface area contributed by atoms with Crippen LogP contribution < -0.4 is 0 Å². The lowest BCUT2D eigenvalue weighted by molar-refractivity contribution is 0.0804. The smallest absolute Gasteiger partial charge is 0.450 e. The van der Waals surface area contributed by atoms with Crippen molar-refractivity contribution < 1.29 is 29.3 Å². The van der Waals surface area contributed by atoms with Crippen molar-refractivity contribution in [2.45, 2.75) is 27.7 Å². The van der Waals surface area contributed by atoms with E-state index in [-0.39, 0.29) is 25.0 Å². The van der Waals surface area contributed by atoms with Crippen molar-refractivity contribution in [1.29, 1.82) is 0 Å². The molecule has 0 rings (SSSR count). The van der Waals surface area contributed by atoms with Crippen LogP contribution in [0.15, 0.2) is 0 Å². The van der Waals surface area contributed by atoms with Crippen LogP contribution in [0.1, 0.15) is 27.7 Å². The normalized spacial score (nSPS) is 9.38. The minimum Gasteiger partial charge on any atom is -0.450 e. The molecule has 0 atom stereocenters. The molecule has 6 heteroatoms. The molecule has 0 aromatic heterocycles. The first-order valence-electron chi connectivity index (χ1n) is 4.97. The first-order valence-corrected chi connectivity index (χ1v) is 4.97.